The molecule has 0 saturated carbocycles. The van der Waals surface area contributed by atoms with E-state index < -0.39 is 6.10 Å². The SMILES string of the molecule is CCCCC/C=C\C/C=C\CCCCCCCCCCCC(=O)OCC(COC(=O)CCCCCCCCCC)OC(=O)CCCCCCCCCCCCCCCCCCC. The van der Waals surface area contributed by atoms with Gasteiger partial charge in [-0.15, -0.1) is 0 Å². The molecule has 0 radical (unpaired) electrons. The summed E-state index contributed by atoms with van der Waals surface area (Å²) in [6.45, 7) is 6.62. The molecule has 1 atom stereocenters. The maximum atomic E-state index is 12.8. The molecule has 0 aromatic rings. The Balaban J connectivity index is 4.22. The zero-order valence-electron chi connectivity index (χ0n) is 41.7. The zero-order chi connectivity index (χ0) is 45.1. The van der Waals surface area contributed by atoms with Crippen LogP contribution in [0.25, 0.3) is 0 Å². The van der Waals surface area contributed by atoms with Gasteiger partial charge in [-0.3, -0.25) is 14.4 Å². The van der Waals surface area contributed by atoms with E-state index in [1.54, 1.807) is 0 Å². The fourth-order valence-electron chi connectivity index (χ4n) is 8.06. The van der Waals surface area contributed by atoms with Crippen molar-refractivity contribution in [1.82, 2.24) is 0 Å². The largest absolute Gasteiger partial charge is 0.462 e. The second-order valence-corrected chi connectivity index (χ2v) is 18.5. The van der Waals surface area contributed by atoms with Crippen molar-refractivity contribution in [2.45, 2.75) is 303 Å². The minimum absolute atomic E-state index is 0.0680. The quantitative estimate of drug-likeness (QED) is 0.0262. The van der Waals surface area contributed by atoms with Gasteiger partial charge in [-0.1, -0.05) is 251 Å². The number of carbonyl (C=O) groups is 3. The summed E-state index contributed by atoms with van der Waals surface area (Å²) in [4.78, 5) is 37.9. The van der Waals surface area contributed by atoms with E-state index >= 15 is 0 Å². The molecule has 0 aliphatic carbocycles. The van der Waals surface area contributed by atoms with E-state index in [1.807, 2.05) is 0 Å². The Kier molecular flexibility index (Phi) is 49.8. The van der Waals surface area contributed by atoms with Gasteiger partial charge in [0, 0.05) is 19.3 Å². The first-order valence-electron chi connectivity index (χ1n) is 27.3. The average Bonchev–Trinajstić information content (AvgIpc) is 3.27. The molecule has 0 heterocycles. The maximum Gasteiger partial charge on any atom is 0.306 e. The summed E-state index contributed by atoms with van der Waals surface area (Å²) in [7, 11) is 0. The number of allylic oxidation sites excluding steroid dienone is 4. The van der Waals surface area contributed by atoms with Crippen molar-refractivity contribution in [3.05, 3.63) is 24.3 Å². The minimum atomic E-state index is -0.766. The number of hydrogen-bond acceptors (Lipinski definition) is 6. The van der Waals surface area contributed by atoms with E-state index in [0.717, 1.165) is 64.2 Å². The van der Waals surface area contributed by atoms with Crippen molar-refractivity contribution in [2.75, 3.05) is 13.2 Å². The first-order valence-corrected chi connectivity index (χ1v) is 27.3. The van der Waals surface area contributed by atoms with E-state index in [4.69, 9.17) is 14.2 Å². The van der Waals surface area contributed by atoms with Crippen LogP contribution in [0.2, 0.25) is 0 Å². The summed E-state index contributed by atoms with van der Waals surface area (Å²) in [5.41, 5.74) is 0. The molecule has 0 bridgehead atoms. The van der Waals surface area contributed by atoms with Gasteiger partial charge in [0.05, 0.1) is 0 Å². The number of carbonyl (C=O) groups excluding carboxylic acids is 3. The predicted molar refractivity (Wildman–Crippen MR) is 266 cm³/mol. The number of hydrogen-bond donors (Lipinski definition) is 0. The van der Waals surface area contributed by atoms with Crippen molar-refractivity contribution < 1.29 is 28.6 Å². The van der Waals surface area contributed by atoms with Crippen LogP contribution in [0.15, 0.2) is 24.3 Å². The van der Waals surface area contributed by atoms with Crippen LogP contribution in [0.4, 0.5) is 0 Å². The fraction of sp³-hybridized carbons (Fsp3) is 0.875. The highest BCUT2D eigenvalue weighted by Gasteiger charge is 2.19. The summed E-state index contributed by atoms with van der Waals surface area (Å²) in [6, 6.07) is 0. The highest BCUT2D eigenvalue weighted by atomic mass is 16.6. The predicted octanol–water partition coefficient (Wildman–Crippen LogP) is 17.9. The van der Waals surface area contributed by atoms with E-state index in [2.05, 4.69) is 45.1 Å². The molecular weight excluding hydrogens is 769 g/mol. The number of rotatable bonds is 50. The van der Waals surface area contributed by atoms with Crippen LogP contribution < -0.4 is 0 Å². The van der Waals surface area contributed by atoms with Crippen molar-refractivity contribution in [3.8, 4) is 0 Å². The molecule has 62 heavy (non-hydrogen) atoms. The van der Waals surface area contributed by atoms with Crippen LogP contribution in [-0.4, -0.2) is 37.2 Å². The number of esters is 3. The lowest BCUT2D eigenvalue weighted by molar-refractivity contribution is -0.167. The molecule has 364 valence electrons. The average molecular weight is 873 g/mol. The molecule has 0 rings (SSSR count). The van der Waals surface area contributed by atoms with Gasteiger partial charge in [0.1, 0.15) is 13.2 Å². The smallest absolute Gasteiger partial charge is 0.306 e. The number of ether oxygens (including phenoxy) is 3. The van der Waals surface area contributed by atoms with E-state index in [9.17, 15) is 14.4 Å². The van der Waals surface area contributed by atoms with Gasteiger partial charge in [0.25, 0.3) is 0 Å². The molecule has 6 nitrogen and oxygen atoms in total. The monoisotopic (exact) mass is 873 g/mol. The van der Waals surface area contributed by atoms with Crippen LogP contribution in [0.5, 0.6) is 0 Å². The van der Waals surface area contributed by atoms with Crippen LogP contribution in [0, 0.1) is 0 Å². The number of unbranched alkanes of at least 4 members (excludes halogenated alkanes) is 35. The molecule has 0 amide bonds. The van der Waals surface area contributed by atoms with Crippen molar-refractivity contribution in [3.63, 3.8) is 0 Å². The summed E-state index contributed by atoms with van der Waals surface area (Å²) in [5.74, 6) is -0.860. The lowest BCUT2D eigenvalue weighted by Gasteiger charge is -2.18. The highest BCUT2D eigenvalue weighted by Crippen LogP contribution is 2.16. The first-order chi connectivity index (χ1) is 30.5. The summed E-state index contributed by atoms with van der Waals surface area (Å²) in [6.07, 6.45) is 58.9. The standard InChI is InChI=1S/C56H104O6/c1-4-7-10-13-16-19-21-23-25-27-28-30-31-33-35-37-40-43-46-49-55(58)61-52-53(51-60-54(57)48-45-42-39-18-15-12-9-6-3)62-56(59)50-47-44-41-38-36-34-32-29-26-24-22-20-17-14-11-8-5-2/h16,19,23,25,53H,4-15,17-18,20-22,24,26-52H2,1-3H3/b19-16-,25-23-. The molecule has 0 N–H and O–H groups in total. The molecule has 0 aromatic heterocycles. The summed E-state index contributed by atoms with van der Waals surface area (Å²) in [5, 5.41) is 0. The van der Waals surface area contributed by atoms with Crippen LogP contribution in [-0.2, 0) is 28.6 Å². The van der Waals surface area contributed by atoms with E-state index in [-0.39, 0.29) is 31.1 Å². The lowest BCUT2D eigenvalue weighted by Crippen LogP contribution is -2.30. The Hall–Kier alpha value is -2.11. The molecule has 0 aliphatic rings. The normalized spacial score (nSPS) is 12.1. The Morgan fingerprint density at radius 2 is 0.581 bits per heavy atom. The van der Waals surface area contributed by atoms with Crippen LogP contribution in [0.1, 0.15) is 297 Å². The molecule has 6 heteroatoms. The van der Waals surface area contributed by atoms with Gasteiger partial charge in [-0.25, -0.2) is 0 Å². The van der Waals surface area contributed by atoms with Gasteiger partial charge in [0.15, 0.2) is 6.10 Å². The van der Waals surface area contributed by atoms with Gasteiger partial charge < -0.3 is 14.2 Å². The Morgan fingerprint density at radius 3 is 0.919 bits per heavy atom. The third-order valence-electron chi connectivity index (χ3n) is 12.2. The molecule has 0 saturated heterocycles. The van der Waals surface area contributed by atoms with Gasteiger partial charge in [-0.2, -0.15) is 0 Å². The second-order valence-electron chi connectivity index (χ2n) is 18.5. The minimum Gasteiger partial charge on any atom is -0.462 e. The molecular formula is C56H104O6. The second kappa shape index (κ2) is 51.5. The summed E-state index contributed by atoms with van der Waals surface area (Å²) >= 11 is 0. The zero-order valence-corrected chi connectivity index (χ0v) is 41.7. The van der Waals surface area contributed by atoms with Crippen LogP contribution in [0.3, 0.4) is 0 Å². The third kappa shape index (κ3) is 48.9. The van der Waals surface area contributed by atoms with E-state index in [1.165, 1.54) is 193 Å². The van der Waals surface area contributed by atoms with Gasteiger partial charge >= 0.3 is 17.9 Å². The van der Waals surface area contributed by atoms with Gasteiger partial charge in [0.2, 0.25) is 0 Å². The molecule has 0 fully saturated rings. The van der Waals surface area contributed by atoms with Crippen molar-refractivity contribution in [2.24, 2.45) is 0 Å². The van der Waals surface area contributed by atoms with Crippen molar-refractivity contribution >= 4 is 17.9 Å². The summed E-state index contributed by atoms with van der Waals surface area (Å²) < 4.78 is 16.8. The topological polar surface area (TPSA) is 78.9 Å². The van der Waals surface area contributed by atoms with Crippen molar-refractivity contribution in [1.29, 1.82) is 0 Å². The highest BCUT2D eigenvalue weighted by molar-refractivity contribution is 5.71. The first kappa shape index (κ1) is 59.9. The molecule has 0 spiro atoms. The molecule has 0 aromatic carbocycles. The molecule has 1 unspecified atom stereocenters. The Labute approximate surface area is 385 Å². The fourth-order valence-corrected chi connectivity index (χ4v) is 8.06. The molecule has 0 aliphatic heterocycles. The third-order valence-corrected chi connectivity index (χ3v) is 12.2. The van der Waals surface area contributed by atoms with E-state index in [0.29, 0.717) is 19.3 Å². The lowest BCUT2D eigenvalue weighted by atomic mass is 10.0. The van der Waals surface area contributed by atoms with Crippen LogP contribution >= 0.6 is 0 Å². The Morgan fingerprint density at radius 1 is 0.323 bits per heavy atom. The Bertz CT molecular complexity index is 1000. The maximum absolute atomic E-state index is 12.8. The van der Waals surface area contributed by atoms with Gasteiger partial charge in [-0.05, 0) is 51.4 Å².